The van der Waals surface area contributed by atoms with Gasteiger partial charge in [0.2, 0.25) is 5.91 Å². The van der Waals surface area contributed by atoms with Crippen molar-refractivity contribution in [2.24, 2.45) is 5.92 Å². The number of nitrogens with zero attached hydrogens (tertiary/aromatic N) is 1. The largest absolute Gasteiger partial charge is 0.497 e. The standard InChI is InChI=1S/C20H19F3N2O3/c1-28-14-4-2-13(3-5-14)20(27)25-10-8-12(9-11-25)19(26)24-16-7-6-15(21)17(22)18(16)23/h2-7,12H,8-11H2,1H3,(H,24,26). The van der Waals surface area contributed by atoms with Crippen molar-refractivity contribution in [2.45, 2.75) is 12.8 Å². The molecule has 0 aromatic heterocycles. The first-order valence-corrected chi connectivity index (χ1v) is 8.78. The molecule has 1 aliphatic heterocycles. The number of nitrogens with one attached hydrogen (secondary N) is 1. The number of methoxy groups -OCH3 is 1. The fourth-order valence-electron chi connectivity index (χ4n) is 3.12. The zero-order valence-electron chi connectivity index (χ0n) is 15.2. The first-order chi connectivity index (χ1) is 13.4. The number of piperidine rings is 1. The molecule has 0 aliphatic carbocycles. The van der Waals surface area contributed by atoms with Crippen LogP contribution in [0.1, 0.15) is 23.2 Å². The number of rotatable bonds is 4. The van der Waals surface area contributed by atoms with Gasteiger partial charge in [0.1, 0.15) is 5.75 Å². The summed E-state index contributed by atoms with van der Waals surface area (Å²) < 4.78 is 45.0. The number of likely N-dealkylation sites (tertiary alicyclic amines) is 1. The van der Waals surface area contributed by atoms with E-state index in [1.165, 1.54) is 0 Å². The van der Waals surface area contributed by atoms with E-state index in [0.29, 0.717) is 37.2 Å². The molecule has 3 rings (SSSR count). The highest BCUT2D eigenvalue weighted by Crippen LogP contribution is 2.24. The summed E-state index contributed by atoms with van der Waals surface area (Å²) in [4.78, 5) is 26.5. The minimum Gasteiger partial charge on any atom is -0.497 e. The van der Waals surface area contributed by atoms with Crippen LogP contribution in [0.4, 0.5) is 18.9 Å². The zero-order valence-corrected chi connectivity index (χ0v) is 15.2. The first kappa shape index (κ1) is 19.7. The summed E-state index contributed by atoms with van der Waals surface area (Å²) in [5, 5.41) is 2.30. The highest BCUT2D eigenvalue weighted by molar-refractivity contribution is 5.95. The summed E-state index contributed by atoms with van der Waals surface area (Å²) in [5.74, 6) is -4.81. The lowest BCUT2D eigenvalue weighted by Gasteiger charge is -2.31. The molecule has 1 saturated heterocycles. The second-order valence-electron chi connectivity index (χ2n) is 6.51. The Morgan fingerprint density at radius 1 is 1.00 bits per heavy atom. The Morgan fingerprint density at radius 2 is 1.64 bits per heavy atom. The van der Waals surface area contributed by atoms with Crippen molar-refractivity contribution in [2.75, 3.05) is 25.5 Å². The average molecular weight is 392 g/mol. The Balaban J connectivity index is 1.58. The van der Waals surface area contributed by atoms with Gasteiger partial charge >= 0.3 is 0 Å². The van der Waals surface area contributed by atoms with E-state index in [-0.39, 0.29) is 5.91 Å². The number of hydrogen-bond donors (Lipinski definition) is 1. The Labute approximate surface area is 160 Å². The van der Waals surface area contributed by atoms with Gasteiger partial charge in [-0.25, -0.2) is 13.2 Å². The van der Waals surface area contributed by atoms with Crippen molar-refractivity contribution in [3.05, 3.63) is 59.4 Å². The molecule has 28 heavy (non-hydrogen) atoms. The minimum atomic E-state index is -1.63. The maximum absolute atomic E-state index is 13.7. The van der Waals surface area contributed by atoms with E-state index in [1.54, 1.807) is 36.3 Å². The third-order valence-corrected chi connectivity index (χ3v) is 4.78. The zero-order chi connectivity index (χ0) is 20.3. The van der Waals surface area contributed by atoms with Crippen molar-refractivity contribution < 1.29 is 27.5 Å². The van der Waals surface area contributed by atoms with Gasteiger partial charge in [0, 0.05) is 24.6 Å². The van der Waals surface area contributed by atoms with Crippen LogP contribution in [0, 0.1) is 23.4 Å². The molecular weight excluding hydrogens is 373 g/mol. The summed E-state index contributed by atoms with van der Waals surface area (Å²) in [7, 11) is 1.54. The van der Waals surface area contributed by atoms with Gasteiger partial charge in [-0.1, -0.05) is 0 Å². The molecule has 8 heteroatoms. The molecule has 0 saturated carbocycles. The molecule has 1 fully saturated rings. The monoisotopic (exact) mass is 392 g/mol. The van der Waals surface area contributed by atoms with Crippen LogP contribution in [0.2, 0.25) is 0 Å². The third kappa shape index (κ3) is 4.11. The van der Waals surface area contributed by atoms with Gasteiger partial charge < -0.3 is 15.0 Å². The lowest BCUT2D eigenvalue weighted by molar-refractivity contribution is -0.121. The van der Waals surface area contributed by atoms with Crippen LogP contribution in [-0.4, -0.2) is 36.9 Å². The fourth-order valence-corrected chi connectivity index (χ4v) is 3.12. The van der Waals surface area contributed by atoms with E-state index in [9.17, 15) is 22.8 Å². The molecule has 148 valence electrons. The Hall–Kier alpha value is -3.03. The van der Waals surface area contributed by atoms with Gasteiger partial charge in [-0.05, 0) is 49.2 Å². The molecule has 2 aromatic rings. The van der Waals surface area contributed by atoms with Crippen LogP contribution in [0.3, 0.4) is 0 Å². The summed E-state index contributed by atoms with van der Waals surface area (Å²) in [5.41, 5.74) is 0.119. The van der Waals surface area contributed by atoms with E-state index >= 15 is 0 Å². The number of benzene rings is 2. The number of hydrogen-bond acceptors (Lipinski definition) is 3. The van der Waals surface area contributed by atoms with E-state index in [1.807, 2.05) is 0 Å². The lowest BCUT2D eigenvalue weighted by atomic mass is 9.95. The van der Waals surface area contributed by atoms with Crippen molar-refractivity contribution in [3.8, 4) is 5.75 Å². The second-order valence-corrected chi connectivity index (χ2v) is 6.51. The van der Waals surface area contributed by atoms with Crippen molar-refractivity contribution in [3.63, 3.8) is 0 Å². The van der Waals surface area contributed by atoms with E-state index in [4.69, 9.17) is 4.74 Å². The SMILES string of the molecule is COc1ccc(C(=O)N2CCC(C(=O)Nc3ccc(F)c(F)c3F)CC2)cc1. The molecule has 5 nitrogen and oxygen atoms in total. The highest BCUT2D eigenvalue weighted by atomic mass is 19.2. The van der Waals surface area contributed by atoms with Crippen LogP contribution >= 0.6 is 0 Å². The topological polar surface area (TPSA) is 58.6 Å². The fraction of sp³-hybridized carbons (Fsp3) is 0.300. The Kier molecular flexibility index (Phi) is 5.87. The lowest BCUT2D eigenvalue weighted by Crippen LogP contribution is -2.41. The van der Waals surface area contributed by atoms with Crippen LogP contribution in [0.15, 0.2) is 36.4 Å². The molecule has 1 aliphatic rings. The Bertz CT molecular complexity index is 879. The van der Waals surface area contributed by atoms with Gasteiger partial charge in [0.15, 0.2) is 17.5 Å². The van der Waals surface area contributed by atoms with Gasteiger partial charge in [0.25, 0.3) is 5.91 Å². The van der Waals surface area contributed by atoms with Crippen LogP contribution in [0.5, 0.6) is 5.75 Å². The first-order valence-electron chi connectivity index (χ1n) is 8.78. The molecular formula is C20H19F3N2O3. The van der Waals surface area contributed by atoms with E-state index in [2.05, 4.69) is 5.32 Å². The predicted octanol–water partition coefficient (Wildman–Crippen LogP) is 3.60. The molecule has 1 N–H and O–H groups in total. The Morgan fingerprint density at radius 3 is 2.25 bits per heavy atom. The quantitative estimate of drug-likeness (QED) is 0.809. The minimum absolute atomic E-state index is 0.145. The number of anilines is 1. The maximum atomic E-state index is 13.7. The smallest absolute Gasteiger partial charge is 0.253 e. The molecule has 1 heterocycles. The molecule has 0 bridgehead atoms. The second kappa shape index (κ2) is 8.33. The number of ether oxygens (including phenoxy) is 1. The highest BCUT2D eigenvalue weighted by Gasteiger charge is 2.28. The van der Waals surface area contributed by atoms with Gasteiger partial charge in [-0.3, -0.25) is 9.59 Å². The molecule has 0 atom stereocenters. The van der Waals surface area contributed by atoms with E-state index in [0.717, 1.165) is 12.1 Å². The molecule has 0 unspecified atom stereocenters. The number of halogens is 3. The van der Waals surface area contributed by atoms with Gasteiger partial charge in [0.05, 0.1) is 12.8 Å². The van der Waals surface area contributed by atoms with Crippen LogP contribution in [-0.2, 0) is 4.79 Å². The number of carbonyl (C=O) groups excluding carboxylic acids is 2. The molecule has 2 aromatic carbocycles. The summed E-state index contributed by atoms with van der Waals surface area (Å²) in [6, 6.07) is 8.48. The predicted molar refractivity (Wildman–Crippen MR) is 96.6 cm³/mol. The molecule has 2 amide bonds. The van der Waals surface area contributed by atoms with Crippen LogP contribution < -0.4 is 10.1 Å². The molecule has 0 radical (unpaired) electrons. The van der Waals surface area contributed by atoms with Gasteiger partial charge in [-0.2, -0.15) is 0 Å². The normalized spacial score (nSPS) is 14.6. The van der Waals surface area contributed by atoms with E-state index < -0.39 is 35.0 Å². The van der Waals surface area contributed by atoms with Crippen LogP contribution in [0.25, 0.3) is 0 Å². The van der Waals surface area contributed by atoms with Gasteiger partial charge in [-0.15, -0.1) is 0 Å². The summed E-state index contributed by atoms with van der Waals surface area (Å²) in [6.45, 7) is 0.729. The average Bonchev–Trinajstić information content (AvgIpc) is 2.73. The number of carbonyl (C=O) groups is 2. The summed E-state index contributed by atoms with van der Waals surface area (Å²) >= 11 is 0. The van der Waals surface area contributed by atoms with Crippen molar-refractivity contribution >= 4 is 17.5 Å². The third-order valence-electron chi connectivity index (χ3n) is 4.78. The molecule has 0 spiro atoms. The van der Waals surface area contributed by atoms with Crippen molar-refractivity contribution in [1.82, 2.24) is 4.90 Å². The summed E-state index contributed by atoms with van der Waals surface area (Å²) in [6.07, 6.45) is 0.776. The maximum Gasteiger partial charge on any atom is 0.253 e. The number of amides is 2. The van der Waals surface area contributed by atoms with Crippen molar-refractivity contribution in [1.29, 1.82) is 0 Å².